The second-order valence-electron chi connectivity index (χ2n) is 4.55. The lowest BCUT2D eigenvalue weighted by molar-refractivity contribution is 0.546. The van der Waals surface area contributed by atoms with E-state index in [1.165, 1.54) is 0 Å². The molecule has 3 nitrogen and oxygen atoms in total. The highest BCUT2D eigenvalue weighted by Crippen LogP contribution is 2.19. The van der Waals surface area contributed by atoms with Crippen molar-refractivity contribution < 1.29 is 0 Å². The number of para-hydroxylation sites is 2. The highest BCUT2D eigenvalue weighted by Gasteiger charge is 2.17. The van der Waals surface area contributed by atoms with Crippen molar-refractivity contribution in [2.75, 3.05) is 11.2 Å². The van der Waals surface area contributed by atoms with Crippen molar-refractivity contribution in [1.29, 1.82) is 0 Å². The molecule has 2 N–H and O–H groups in total. The molecule has 0 atom stereocenters. The number of imidazole rings is 1. The molecule has 4 heteroatoms. The van der Waals surface area contributed by atoms with Gasteiger partial charge in [-0.05, 0) is 32.4 Å². The summed E-state index contributed by atoms with van der Waals surface area (Å²) in [7, 11) is 0. The molecule has 0 bridgehead atoms. The van der Waals surface area contributed by atoms with Crippen molar-refractivity contribution in [3.05, 3.63) is 24.3 Å². The van der Waals surface area contributed by atoms with E-state index in [1.807, 2.05) is 24.3 Å². The Morgan fingerprint density at radius 3 is 2.81 bits per heavy atom. The van der Waals surface area contributed by atoms with Gasteiger partial charge in [0.05, 0.1) is 11.0 Å². The lowest BCUT2D eigenvalue weighted by Gasteiger charge is -2.24. The minimum Gasteiger partial charge on any atom is -0.351 e. The Kier molecular flexibility index (Phi) is 3.06. The number of aromatic nitrogens is 2. The van der Waals surface area contributed by atoms with Gasteiger partial charge in [-0.1, -0.05) is 12.1 Å². The van der Waals surface area contributed by atoms with Gasteiger partial charge in [0.2, 0.25) is 5.95 Å². The topological polar surface area (TPSA) is 40.7 Å². The van der Waals surface area contributed by atoms with Crippen molar-refractivity contribution in [3.8, 4) is 0 Å². The van der Waals surface area contributed by atoms with Gasteiger partial charge in [-0.15, -0.1) is 11.6 Å². The Bertz CT molecular complexity index is 443. The van der Waals surface area contributed by atoms with E-state index in [9.17, 15) is 0 Å². The van der Waals surface area contributed by atoms with Crippen LogP contribution in [0.4, 0.5) is 5.95 Å². The third-order valence-electron chi connectivity index (χ3n) is 2.57. The molecule has 0 amide bonds. The molecule has 1 aromatic carbocycles. The molecule has 16 heavy (non-hydrogen) atoms. The van der Waals surface area contributed by atoms with Crippen molar-refractivity contribution in [2.45, 2.75) is 25.8 Å². The minimum atomic E-state index is -0.0460. The van der Waals surface area contributed by atoms with Crippen LogP contribution in [0, 0.1) is 0 Å². The molecule has 0 unspecified atom stereocenters. The average molecular weight is 238 g/mol. The number of hydrogen-bond acceptors (Lipinski definition) is 2. The van der Waals surface area contributed by atoms with Crippen LogP contribution in [0.25, 0.3) is 11.0 Å². The first-order valence-electron chi connectivity index (χ1n) is 5.40. The smallest absolute Gasteiger partial charge is 0.201 e. The molecular weight excluding hydrogens is 222 g/mol. The standard InChI is InChI=1S/C12H16ClN3/c1-12(2,7-8-13)16-11-14-9-5-3-4-6-10(9)15-11/h3-6H,7-8H2,1-2H3,(H2,14,15,16). The van der Waals surface area contributed by atoms with Gasteiger partial charge in [0, 0.05) is 11.4 Å². The van der Waals surface area contributed by atoms with Gasteiger partial charge in [0.15, 0.2) is 0 Å². The van der Waals surface area contributed by atoms with Crippen LogP contribution >= 0.6 is 11.6 Å². The molecule has 0 radical (unpaired) electrons. The van der Waals surface area contributed by atoms with Gasteiger partial charge >= 0.3 is 0 Å². The third-order valence-corrected chi connectivity index (χ3v) is 2.75. The highest BCUT2D eigenvalue weighted by atomic mass is 35.5. The Hall–Kier alpha value is -1.22. The van der Waals surface area contributed by atoms with Crippen LogP contribution in [-0.2, 0) is 0 Å². The predicted molar refractivity (Wildman–Crippen MR) is 69.1 cm³/mol. The summed E-state index contributed by atoms with van der Waals surface area (Å²) in [5.41, 5.74) is 1.98. The maximum Gasteiger partial charge on any atom is 0.201 e. The number of halogens is 1. The number of benzene rings is 1. The fourth-order valence-corrected chi connectivity index (χ4v) is 2.10. The van der Waals surface area contributed by atoms with Gasteiger partial charge in [-0.25, -0.2) is 4.98 Å². The maximum atomic E-state index is 5.76. The van der Waals surface area contributed by atoms with E-state index in [2.05, 4.69) is 29.1 Å². The Balaban J connectivity index is 2.21. The van der Waals surface area contributed by atoms with E-state index in [1.54, 1.807) is 0 Å². The van der Waals surface area contributed by atoms with Gasteiger partial charge in [0.25, 0.3) is 0 Å². The van der Waals surface area contributed by atoms with E-state index in [0.29, 0.717) is 5.88 Å². The second-order valence-corrected chi connectivity index (χ2v) is 4.93. The number of H-pyrrole nitrogens is 1. The summed E-state index contributed by atoms with van der Waals surface area (Å²) in [5, 5.41) is 3.36. The molecule has 0 saturated carbocycles. The van der Waals surface area contributed by atoms with Gasteiger partial charge in [-0.3, -0.25) is 0 Å². The van der Waals surface area contributed by atoms with Crippen LogP contribution in [-0.4, -0.2) is 21.4 Å². The Morgan fingerprint density at radius 2 is 2.12 bits per heavy atom. The van der Waals surface area contributed by atoms with E-state index in [4.69, 9.17) is 11.6 Å². The van der Waals surface area contributed by atoms with Crippen LogP contribution in [0.3, 0.4) is 0 Å². The van der Waals surface area contributed by atoms with E-state index in [0.717, 1.165) is 23.4 Å². The van der Waals surface area contributed by atoms with Crippen LogP contribution in [0.5, 0.6) is 0 Å². The van der Waals surface area contributed by atoms with Gasteiger partial charge < -0.3 is 10.3 Å². The molecule has 86 valence electrons. The summed E-state index contributed by atoms with van der Waals surface area (Å²) >= 11 is 5.76. The fourth-order valence-electron chi connectivity index (χ4n) is 1.63. The molecule has 0 fully saturated rings. The van der Waals surface area contributed by atoms with Crippen LogP contribution in [0.2, 0.25) is 0 Å². The van der Waals surface area contributed by atoms with E-state index >= 15 is 0 Å². The number of aromatic amines is 1. The first-order valence-corrected chi connectivity index (χ1v) is 5.93. The number of nitrogens with zero attached hydrogens (tertiary/aromatic N) is 1. The van der Waals surface area contributed by atoms with Crippen molar-refractivity contribution in [2.24, 2.45) is 0 Å². The first kappa shape index (κ1) is 11.3. The van der Waals surface area contributed by atoms with Crippen LogP contribution in [0.15, 0.2) is 24.3 Å². The molecule has 0 aliphatic heterocycles. The SMILES string of the molecule is CC(C)(CCCl)Nc1nc2ccccc2[nH]1. The first-order chi connectivity index (χ1) is 7.61. The van der Waals surface area contributed by atoms with Crippen molar-refractivity contribution >= 4 is 28.6 Å². The summed E-state index contributed by atoms with van der Waals surface area (Å²) in [6.07, 6.45) is 0.894. The number of alkyl halides is 1. The zero-order valence-corrected chi connectivity index (χ0v) is 10.3. The Labute approximate surface area is 100 Å². The Morgan fingerprint density at radius 1 is 1.38 bits per heavy atom. The fraction of sp³-hybridized carbons (Fsp3) is 0.417. The summed E-state index contributed by atoms with van der Waals surface area (Å²) in [5.74, 6) is 1.44. The molecule has 0 aliphatic carbocycles. The zero-order valence-electron chi connectivity index (χ0n) is 9.55. The number of hydrogen-bond donors (Lipinski definition) is 2. The van der Waals surface area contributed by atoms with Crippen LogP contribution < -0.4 is 5.32 Å². The number of fused-ring (bicyclic) bond motifs is 1. The minimum absolute atomic E-state index is 0.0460. The summed E-state index contributed by atoms with van der Waals surface area (Å²) in [6.45, 7) is 4.23. The quantitative estimate of drug-likeness (QED) is 0.801. The molecule has 1 aromatic heterocycles. The normalized spacial score (nSPS) is 11.9. The van der Waals surface area contributed by atoms with E-state index < -0.39 is 0 Å². The van der Waals surface area contributed by atoms with E-state index in [-0.39, 0.29) is 5.54 Å². The zero-order chi connectivity index (χ0) is 11.6. The predicted octanol–water partition coefficient (Wildman–Crippen LogP) is 3.38. The number of anilines is 1. The summed E-state index contributed by atoms with van der Waals surface area (Å²) in [4.78, 5) is 7.72. The molecular formula is C12H16ClN3. The second kappa shape index (κ2) is 4.34. The molecule has 2 aromatic rings. The number of nitrogens with one attached hydrogen (secondary N) is 2. The highest BCUT2D eigenvalue weighted by molar-refractivity contribution is 6.17. The largest absolute Gasteiger partial charge is 0.351 e. The monoisotopic (exact) mass is 237 g/mol. The summed E-state index contributed by atoms with van der Waals surface area (Å²) < 4.78 is 0. The molecule has 1 heterocycles. The number of rotatable bonds is 4. The van der Waals surface area contributed by atoms with Crippen molar-refractivity contribution in [1.82, 2.24) is 9.97 Å². The van der Waals surface area contributed by atoms with Gasteiger partial charge in [0.1, 0.15) is 0 Å². The molecule has 0 spiro atoms. The van der Waals surface area contributed by atoms with Crippen molar-refractivity contribution in [3.63, 3.8) is 0 Å². The van der Waals surface area contributed by atoms with Gasteiger partial charge in [-0.2, -0.15) is 0 Å². The third kappa shape index (κ3) is 2.47. The van der Waals surface area contributed by atoms with Crippen LogP contribution in [0.1, 0.15) is 20.3 Å². The lowest BCUT2D eigenvalue weighted by Crippen LogP contribution is -2.31. The molecule has 2 rings (SSSR count). The summed E-state index contributed by atoms with van der Waals surface area (Å²) in [6, 6.07) is 7.98. The lowest BCUT2D eigenvalue weighted by atomic mass is 10.0. The average Bonchev–Trinajstić information content (AvgIpc) is 2.58. The molecule has 0 aliphatic rings. The molecule has 0 saturated heterocycles. The maximum absolute atomic E-state index is 5.76.